The summed E-state index contributed by atoms with van der Waals surface area (Å²) in [7, 11) is 4.87. The average Bonchev–Trinajstić information content (AvgIpc) is 4.10. The van der Waals surface area contributed by atoms with Crippen LogP contribution >= 0.6 is 11.3 Å². The first-order valence-corrected chi connectivity index (χ1v) is 24.6. The topological polar surface area (TPSA) is 203 Å². The van der Waals surface area contributed by atoms with Crippen molar-refractivity contribution >= 4 is 56.1 Å². The van der Waals surface area contributed by atoms with Gasteiger partial charge in [0.1, 0.15) is 35.7 Å². The monoisotopic (exact) mass is 976 g/mol. The van der Waals surface area contributed by atoms with Crippen LogP contribution in [0.2, 0.25) is 0 Å². The Kier molecular flexibility index (Phi) is 17.6. The van der Waals surface area contributed by atoms with E-state index >= 15 is 0 Å². The molecular weight excluding hydrogens is 912 g/mol. The normalized spacial score (nSPS) is 17.8. The highest BCUT2D eigenvalue weighted by molar-refractivity contribution is 7.17. The van der Waals surface area contributed by atoms with Crippen molar-refractivity contribution in [3.63, 3.8) is 0 Å². The van der Waals surface area contributed by atoms with E-state index in [2.05, 4.69) is 20.8 Å². The maximum absolute atomic E-state index is 14.7. The fourth-order valence-electron chi connectivity index (χ4n) is 8.79. The van der Waals surface area contributed by atoms with Crippen LogP contribution in [-0.4, -0.2) is 162 Å². The number of benzene rings is 1. The Morgan fingerprint density at radius 1 is 0.957 bits per heavy atom. The molecule has 1 saturated heterocycles. The van der Waals surface area contributed by atoms with E-state index in [0.717, 1.165) is 53.8 Å². The molecule has 5 heterocycles. The van der Waals surface area contributed by atoms with Gasteiger partial charge in [0.15, 0.2) is 0 Å². The number of thiophene rings is 1. The molecule has 3 N–H and O–H groups in total. The molecule has 0 radical (unpaired) electrons. The molecule has 7 rings (SSSR count). The van der Waals surface area contributed by atoms with Crippen LogP contribution in [0.25, 0.3) is 21.1 Å². The number of amides is 4. The number of hydrogen-bond donors (Lipinski definition) is 3. The first kappa shape index (κ1) is 51.2. The van der Waals surface area contributed by atoms with E-state index in [-0.39, 0.29) is 75.8 Å². The number of nitrogens with zero attached hydrogens (tertiary/aromatic N) is 6. The zero-order valence-corrected chi connectivity index (χ0v) is 41.1. The summed E-state index contributed by atoms with van der Waals surface area (Å²) in [6.07, 6.45) is 5.68. The molecule has 4 aromatic heterocycles. The fourth-order valence-corrected chi connectivity index (χ4v) is 9.59. The highest BCUT2D eigenvalue weighted by Crippen LogP contribution is 2.35. The summed E-state index contributed by atoms with van der Waals surface area (Å²) in [6, 6.07) is 8.10. The molecule has 3 atom stereocenters. The summed E-state index contributed by atoms with van der Waals surface area (Å²) in [6.45, 7) is 7.20. The summed E-state index contributed by atoms with van der Waals surface area (Å²) >= 11 is 1.65. The number of hydrogen-bond acceptors (Lipinski definition) is 14. The number of piperazine rings is 1. The number of aliphatic hydroxyl groups is 1. The van der Waals surface area contributed by atoms with Crippen LogP contribution in [0.4, 0.5) is 4.39 Å². The predicted molar refractivity (Wildman–Crippen MR) is 257 cm³/mol. The molecule has 1 aliphatic carbocycles. The van der Waals surface area contributed by atoms with Gasteiger partial charge in [0.25, 0.3) is 17.7 Å². The molecule has 1 aliphatic heterocycles. The van der Waals surface area contributed by atoms with Crippen molar-refractivity contribution in [1.82, 2.24) is 40.0 Å². The highest BCUT2D eigenvalue weighted by Gasteiger charge is 2.38. The van der Waals surface area contributed by atoms with Crippen LogP contribution in [0.5, 0.6) is 11.6 Å². The van der Waals surface area contributed by atoms with E-state index in [1.54, 1.807) is 68.9 Å². The minimum Gasteiger partial charge on any atom is -0.489 e. The number of carbonyl (C=O) groups excluding carboxylic acids is 4. The fraction of sp³-hybridized carbons (Fsp3) is 0.551. The van der Waals surface area contributed by atoms with E-state index in [1.165, 1.54) is 28.0 Å². The van der Waals surface area contributed by atoms with Crippen molar-refractivity contribution in [2.45, 2.75) is 77.2 Å². The lowest BCUT2D eigenvalue weighted by Crippen LogP contribution is -2.61. The Morgan fingerprint density at radius 3 is 2.39 bits per heavy atom. The predicted octanol–water partition coefficient (Wildman–Crippen LogP) is 4.67. The van der Waals surface area contributed by atoms with E-state index < -0.39 is 47.6 Å². The van der Waals surface area contributed by atoms with Crippen LogP contribution in [-0.2, 0) is 32.5 Å². The molecule has 2 aliphatic rings. The SMILES string of the molecule is CN[C@@H](C)C(=O)NC(C(=O)N1CCN(C(=O)c2c(C(=O)N(C)CCOCCOCCOc3cc(CC4CCC(Oc5ccnc6ccsc56)CC4)on3)c3cc(F)ccc3n2C)CC1)[C@H](O)C(C)C. The Labute approximate surface area is 405 Å². The Bertz CT molecular complexity index is 2530. The van der Waals surface area contributed by atoms with Gasteiger partial charge in [-0.25, -0.2) is 4.39 Å². The first-order chi connectivity index (χ1) is 33.2. The van der Waals surface area contributed by atoms with Crippen molar-refractivity contribution in [2.75, 3.05) is 79.9 Å². The van der Waals surface area contributed by atoms with Gasteiger partial charge in [-0.2, -0.15) is 0 Å². The minimum absolute atomic E-state index is 0.0666. The van der Waals surface area contributed by atoms with Gasteiger partial charge in [0.05, 0.1) is 60.5 Å². The van der Waals surface area contributed by atoms with Gasteiger partial charge in [-0.3, -0.25) is 24.2 Å². The van der Waals surface area contributed by atoms with Gasteiger partial charge in [-0.1, -0.05) is 13.8 Å². The third-order valence-electron chi connectivity index (χ3n) is 13.1. The van der Waals surface area contributed by atoms with Gasteiger partial charge in [0, 0.05) is 76.4 Å². The summed E-state index contributed by atoms with van der Waals surface area (Å²) < 4.78 is 46.5. The molecule has 1 unspecified atom stereocenters. The number of carbonyl (C=O) groups is 4. The molecule has 0 spiro atoms. The van der Waals surface area contributed by atoms with Gasteiger partial charge in [-0.05, 0) is 92.4 Å². The number of ether oxygens (including phenoxy) is 4. The number of likely N-dealkylation sites (N-methyl/N-ethyl adjacent to an activating group) is 2. The molecule has 69 heavy (non-hydrogen) atoms. The lowest BCUT2D eigenvalue weighted by molar-refractivity contribution is -0.142. The largest absolute Gasteiger partial charge is 0.489 e. The molecule has 4 amide bonds. The van der Waals surface area contributed by atoms with Crippen LogP contribution < -0.4 is 20.1 Å². The second-order valence-electron chi connectivity index (χ2n) is 18.1. The van der Waals surface area contributed by atoms with Crippen molar-refractivity contribution in [2.24, 2.45) is 18.9 Å². The highest BCUT2D eigenvalue weighted by atomic mass is 32.1. The van der Waals surface area contributed by atoms with E-state index in [0.29, 0.717) is 35.9 Å². The lowest BCUT2D eigenvalue weighted by Gasteiger charge is -2.38. The van der Waals surface area contributed by atoms with Crippen LogP contribution in [0.3, 0.4) is 0 Å². The molecule has 5 aromatic rings. The maximum Gasteiger partial charge on any atom is 0.271 e. The van der Waals surface area contributed by atoms with Crippen molar-refractivity contribution < 1.29 is 52.1 Å². The number of nitrogens with one attached hydrogen (secondary N) is 2. The number of fused-ring (bicyclic) bond motifs is 2. The van der Waals surface area contributed by atoms with Crippen molar-refractivity contribution in [1.29, 1.82) is 0 Å². The van der Waals surface area contributed by atoms with Crippen molar-refractivity contribution in [3.05, 3.63) is 70.8 Å². The van der Waals surface area contributed by atoms with Crippen LogP contribution in [0, 0.1) is 17.7 Å². The summed E-state index contributed by atoms with van der Waals surface area (Å²) in [4.78, 5) is 63.8. The first-order valence-electron chi connectivity index (χ1n) is 23.7. The van der Waals surface area contributed by atoms with E-state index in [1.807, 2.05) is 23.6 Å². The third-order valence-corrected chi connectivity index (χ3v) is 14.0. The molecule has 2 fully saturated rings. The second-order valence-corrected chi connectivity index (χ2v) is 19.0. The number of aliphatic hydroxyl groups excluding tert-OH is 1. The summed E-state index contributed by atoms with van der Waals surface area (Å²) in [5.41, 5.74) is 1.64. The molecular formula is C49H65FN8O10S. The number of pyridine rings is 1. The van der Waals surface area contributed by atoms with E-state index in [9.17, 15) is 28.7 Å². The lowest BCUT2D eigenvalue weighted by atomic mass is 9.84. The molecule has 20 heteroatoms. The molecule has 0 bridgehead atoms. The number of halogens is 1. The maximum atomic E-state index is 14.7. The van der Waals surface area contributed by atoms with Crippen LogP contribution in [0.15, 0.2) is 52.5 Å². The standard InChI is InChI=1S/C49H65FN8O10S/c1-30(2)44(59)42(53-46(60)31(3)51-4)48(62)57-16-18-58(19-17-57)49(63)43-41(36-28-33(50)9-12-38(36)56(43)6)47(61)55(5)20-21-64-22-23-65-24-25-66-40-29-35(68-54-40)27-32-7-10-34(11-8-32)67-39-13-15-52-37-14-26-69-45(37)39/h9,12-15,26,28-32,34,42,44,51,59H,7-8,10-11,16-25,27H2,1-6H3,(H,53,60)/t31-,32?,34?,42?,44+/m0/s1. The van der Waals surface area contributed by atoms with Crippen LogP contribution in [0.1, 0.15) is 73.1 Å². The average molecular weight is 977 g/mol. The van der Waals surface area contributed by atoms with Gasteiger partial charge >= 0.3 is 0 Å². The quantitative estimate of drug-likeness (QED) is 0.0809. The van der Waals surface area contributed by atoms with Crippen molar-refractivity contribution in [3.8, 4) is 11.6 Å². The number of aryl methyl sites for hydroxylation is 1. The Balaban J connectivity index is 0.825. The second kappa shape index (κ2) is 23.8. The summed E-state index contributed by atoms with van der Waals surface area (Å²) in [5.74, 6) is -0.0801. The summed E-state index contributed by atoms with van der Waals surface area (Å²) in [5, 5.41) is 22.8. The molecule has 374 valence electrons. The Hall–Kier alpha value is -5.67. The van der Waals surface area contributed by atoms with Gasteiger partial charge < -0.3 is 58.5 Å². The zero-order chi connectivity index (χ0) is 49.2. The third kappa shape index (κ3) is 12.6. The molecule has 1 saturated carbocycles. The Morgan fingerprint density at radius 2 is 1.67 bits per heavy atom. The number of aromatic nitrogens is 3. The number of rotatable bonds is 22. The van der Waals surface area contributed by atoms with E-state index in [4.69, 9.17) is 23.5 Å². The zero-order valence-electron chi connectivity index (χ0n) is 40.3. The smallest absolute Gasteiger partial charge is 0.271 e. The minimum atomic E-state index is -1.18. The van der Waals surface area contributed by atoms with Gasteiger partial charge in [-0.15, -0.1) is 11.3 Å². The molecule has 1 aromatic carbocycles. The van der Waals surface area contributed by atoms with Gasteiger partial charge in [0.2, 0.25) is 11.8 Å². The molecule has 18 nitrogen and oxygen atoms in total.